The minimum atomic E-state index is 0. The van der Waals surface area contributed by atoms with E-state index in [2.05, 4.69) is 77.9 Å². The van der Waals surface area contributed by atoms with Crippen LogP contribution in [0.15, 0.2) is 48.5 Å². The van der Waals surface area contributed by atoms with Crippen molar-refractivity contribution in [2.24, 2.45) is 0 Å². The number of hydrogen-bond acceptors (Lipinski definition) is 2. The molecule has 4 rings (SSSR count). The molecule has 0 atom stereocenters. The van der Waals surface area contributed by atoms with Crippen molar-refractivity contribution in [2.45, 2.75) is 69.2 Å². The van der Waals surface area contributed by atoms with Gasteiger partial charge in [-0.3, -0.25) is 0 Å². The van der Waals surface area contributed by atoms with Gasteiger partial charge in [0.05, 0.1) is 0 Å². The molecule has 0 spiro atoms. The van der Waals surface area contributed by atoms with Gasteiger partial charge in [-0.05, 0) is 99.2 Å². The molecular weight excluding hydrogens is 529 g/mol. The SMILES string of the molecule is Cc1cc(Oc2c(C)c[c-]cc2C)cc(C)c1C.Cc1cc(Oc2c(C)c[c-]cc2C)cc(C)c1C.[Y]. The van der Waals surface area contributed by atoms with Gasteiger partial charge >= 0.3 is 0 Å². The second-order valence-corrected chi connectivity index (χ2v) is 9.87. The molecule has 4 aromatic rings. The number of benzene rings is 4. The van der Waals surface area contributed by atoms with E-state index in [4.69, 9.17) is 9.47 Å². The third-order valence-corrected chi connectivity index (χ3v) is 6.87. The Bertz CT molecular complexity index is 1190. The first kappa shape index (κ1) is 30.8. The zero-order valence-electron chi connectivity index (χ0n) is 24.0. The van der Waals surface area contributed by atoms with Gasteiger partial charge in [-0.25, -0.2) is 0 Å². The fourth-order valence-corrected chi connectivity index (χ4v) is 4.13. The van der Waals surface area contributed by atoms with Crippen LogP contribution in [-0.4, -0.2) is 0 Å². The molecule has 2 nitrogen and oxygen atoms in total. The summed E-state index contributed by atoms with van der Waals surface area (Å²) < 4.78 is 12.1. The van der Waals surface area contributed by atoms with Crippen LogP contribution in [0, 0.1) is 81.4 Å². The maximum Gasteiger partial charge on any atom is 0.124 e. The molecule has 0 unspecified atom stereocenters. The van der Waals surface area contributed by atoms with E-state index in [0.29, 0.717) is 0 Å². The van der Waals surface area contributed by atoms with E-state index >= 15 is 0 Å². The maximum absolute atomic E-state index is 6.04. The predicted molar refractivity (Wildman–Crippen MR) is 151 cm³/mol. The average molecular weight is 568 g/mol. The first-order chi connectivity index (χ1) is 17.0. The monoisotopic (exact) mass is 567 g/mol. The van der Waals surface area contributed by atoms with Crippen molar-refractivity contribution in [3.8, 4) is 23.0 Å². The third kappa shape index (κ3) is 7.79. The van der Waals surface area contributed by atoms with E-state index in [1.165, 1.54) is 33.4 Å². The predicted octanol–water partition coefficient (Wildman–Crippen LogP) is 9.64. The quantitative estimate of drug-likeness (QED) is 0.229. The Labute approximate surface area is 249 Å². The van der Waals surface area contributed by atoms with Crippen molar-refractivity contribution >= 4 is 0 Å². The molecule has 0 heterocycles. The van der Waals surface area contributed by atoms with E-state index in [9.17, 15) is 0 Å². The molecule has 0 saturated heterocycles. The molecule has 191 valence electrons. The van der Waals surface area contributed by atoms with Crippen molar-refractivity contribution in [3.63, 3.8) is 0 Å². The normalized spacial score (nSPS) is 10.2. The summed E-state index contributed by atoms with van der Waals surface area (Å²) >= 11 is 0. The fraction of sp³-hybridized carbons (Fsp3) is 0.294. The summed E-state index contributed by atoms with van der Waals surface area (Å²) in [4.78, 5) is 0. The first-order valence-electron chi connectivity index (χ1n) is 12.4. The van der Waals surface area contributed by atoms with E-state index in [0.717, 1.165) is 45.3 Å². The molecule has 0 aliphatic heterocycles. The number of hydrogen-bond donors (Lipinski definition) is 0. The summed E-state index contributed by atoms with van der Waals surface area (Å²) in [7, 11) is 0. The van der Waals surface area contributed by atoms with Gasteiger partial charge in [-0.2, -0.15) is 36.4 Å². The smallest absolute Gasteiger partial charge is 0.124 e. The molecule has 1 radical (unpaired) electrons. The van der Waals surface area contributed by atoms with Crippen molar-refractivity contribution < 1.29 is 42.2 Å². The number of ether oxygens (including phenoxy) is 2. The van der Waals surface area contributed by atoms with Crippen LogP contribution in [0.25, 0.3) is 0 Å². The summed E-state index contributed by atoms with van der Waals surface area (Å²) in [5.41, 5.74) is 12.2. The van der Waals surface area contributed by atoms with Crippen LogP contribution in [0.3, 0.4) is 0 Å². The molecule has 3 heteroatoms. The Balaban J connectivity index is 0.000000253. The van der Waals surface area contributed by atoms with Crippen LogP contribution in [0.1, 0.15) is 55.6 Å². The Morgan fingerprint density at radius 2 is 0.649 bits per heavy atom. The van der Waals surface area contributed by atoms with Gasteiger partial charge in [0, 0.05) is 44.2 Å². The number of rotatable bonds is 4. The Kier molecular flexibility index (Phi) is 11.2. The fourth-order valence-electron chi connectivity index (χ4n) is 4.13. The summed E-state index contributed by atoms with van der Waals surface area (Å²) in [6.45, 7) is 21.0. The van der Waals surface area contributed by atoms with Gasteiger partial charge in [-0.15, -0.1) is 22.3 Å². The van der Waals surface area contributed by atoms with Gasteiger partial charge in [0.25, 0.3) is 0 Å². The molecule has 0 amide bonds. The molecule has 0 aromatic heterocycles. The molecule has 0 fully saturated rings. The minimum absolute atomic E-state index is 0. The van der Waals surface area contributed by atoms with Crippen LogP contribution >= 0.6 is 0 Å². The summed E-state index contributed by atoms with van der Waals surface area (Å²) in [5.74, 6) is 3.70. The number of aryl methyl sites for hydroxylation is 8. The van der Waals surface area contributed by atoms with Crippen molar-refractivity contribution in [1.29, 1.82) is 0 Å². The summed E-state index contributed by atoms with van der Waals surface area (Å²) in [6, 6.07) is 22.4. The largest absolute Gasteiger partial charge is 0.482 e. The van der Waals surface area contributed by atoms with E-state index < -0.39 is 0 Å². The van der Waals surface area contributed by atoms with Crippen LogP contribution in [-0.2, 0) is 32.7 Å². The van der Waals surface area contributed by atoms with Crippen LogP contribution < -0.4 is 9.47 Å². The minimum Gasteiger partial charge on any atom is -0.482 e. The van der Waals surface area contributed by atoms with Crippen molar-refractivity contribution in [1.82, 2.24) is 0 Å². The van der Waals surface area contributed by atoms with Crippen LogP contribution in [0.5, 0.6) is 23.0 Å². The van der Waals surface area contributed by atoms with Gasteiger partial charge < -0.3 is 9.47 Å². The molecule has 0 aliphatic carbocycles. The Morgan fingerprint density at radius 1 is 0.405 bits per heavy atom. The zero-order valence-corrected chi connectivity index (χ0v) is 26.9. The Morgan fingerprint density at radius 3 is 0.892 bits per heavy atom. The third-order valence-electron chi connectivity index (χ3n) is 6.87. The van der Waals surface area contributed by atoms with Crippen LogP contribution in [0.4, 0.5) is 0 Å². The Hall–Kier alpha value is -2.42. The van der Waals surface area contributed by atoms with Gasteiger partial charge in [-0.1, -0.05) is 27.7 Å². The maximum atomic E-state index is 6.04. The second-order valence-electron chi connectivity index (χ2n) is 9.87. The first-order valence-corrected chi connectivity index (χ1v) is 12.4. The average Bonchev–Trinajstić information content (AvgIpc) is 2.81. The van der Waals surface area contributed by atoms with E-state index in [1.54, 1.807) is 0 Å². The molecule has 0 aliphatic rings. The summed E-state index contributed by atoms with van der Waals surface area (Å²) in [6.07, 6.45) is 0. The van der Waals surface area contributed by atoms with E-state index in [1.807, 2.05) is 52.0 Å². The molecule has 4 aromatic carbocycles. The standard InChI is InChI=1S/2C17H19O.Y/c2*1-11-7-6-8-12(2)17(11)18-16-9-13(3)15(5)14(4)10-16;/h2*7-10H,1-5H3;/q2*-1;. The molecule has 0 N–H and O–H groups in total. The molecule has 37 heavy (non-hydrogen) atoms. The van der Waals surface area contributed by atoms with Crippen LogP contribution in [0.2, 0.25) is 0 Å². The van der Waals surface area contributed by atoms with Gasteiger partial charge in [0.15, 0.2) is 0 Å². The molecular formula is C34H38O2Y-2. The van der Waals surface area contributed by atoms with Crippen molar-refractivity contribution in [2.75, 3.05) is 0 Å². The van der Waals surface area contributed by atoms with Gasteiger partial charge in [0.1, 0.15) is 11.5 Å². The van der Waals surface area contributed by atoms with Gasteiger partial charge in [0.2, 0.25) is 0 Å². The van der Waals surface area contributed by atoms with E-state index in [-0.39, 0.29) is 32.7 Å². The molecule has 0 bridgehead atoms. The molecule has 0 saturated carbocycles. The zero-order chi connectivity index (χ0) is 26.6. The second kappa shape index (κ2) is 13.4. The van der Waals surface area contributed by atoms with Crippen molar-refractivity contribution in [3.05, 3.63) is 116 Å². The summed E-state index contributed by atoms with van der Waals surface area (Å²) in [5, 5.41) is 0. The topological polar surface area (TPSA) is 18.5 Å².